The van der Waals surface area contributed by atoms with Crippen LogP contribution >= 0.6 is 0 Å². The van der Waals surface area contributed by atoms with Gasteiger partial charge in [0.15, 0.2) is 0 Å². The molecule has 0 aromatic heterocycles. The van der Waals surface area contributed by atoms with Gasteiger partial charge in [0.1, 0.15) is 0 Å². The summed E-state index contributed by atoms with van der Waals surface area (Å²) in [7, 11) is 0. The molecule has 1 saturated heterocycles. The van der Waals surface area contributed by atoms with E-state index in [4.69, 9.17) is 4.74 Å². The minimum absolute atomic E-state index is 0.00438. The molecule has 0 aromatic carbocycles. The topological polar surface area (TPSA) is 70.6 Å². The van der Waals surface area contributed by atoms with Crippen molar-refractivity contribution in [3.8, 4) is 0 Å². The molecular weight excluding hydrogens is 232 g/mol. The number of rotatable bonds is 7. The number of carbonyl (C=O) groups is 1. The molecule has 0 aromatic rings. The van der Waals surface area contributed by atoms with Crippen molar-refractivity contribution in [2.75, 3.05) is 26.4 Å². The molecule has 18 heavy (non-hydrogen) atoms. The van der Waals surface area contributed by atoms with Crippen LogP contribution in [0, 0.1) is 0 Å². The van der Waals surface area contributed by atoms with E-state index in [-0.39, 0.29) is 30.6 Å². The Labute approximate surface area is 109 Å². The number of nitrogens with one attached hydrogen (secondary N) is 2. The second kappa shape index (κ2) is 7.71. The zero-order chi connectivity index (χ0) is 13.4. The first-order valence-electron chi connectivity index (χ1n) is 6.85. The quantitative estimate of drug-likeness (QED) is 0.619. The number of aliphatic hydroxyl groups excluding tert-OH is 1. The molecule has 0 saturated carbocycles. The van der Waals surface area contributed by atoms with Crippen LogP contribution in [0.25, 0.3) is 0 Å². The molecule has 1 rings (SSSR count). The first-order valence-corrected chi connectivity index (χ1v) is 6.85. The van der Waals surface area contributed by atoms with Crippen molar-refractivity contribution in [1.82, 2.24) is 10.6 Å². The number of amides is 1. The first-order chi connectivity index (χ1) is 8.62. The number of hydrogen-bond acceptors (Lipinski definition) is 4. The van der Waals surface area contributed by atoms with E-state index in [2.05, 4.69) is 17.6 Å². The predicted octanol–water partition coefficient (Wildman–Crippen LogP) is 0.422. The Hall–Kier alpha value is -0.650. The zero-order valence-electron chi connectivity index (χ0n) is 11.5. The molecule has 5 nitrogen and oxygen atoms in total. The highest BCUT2D eigenvalue weighted by molar-refractivity contribution is 5.78. The number of ether oxygens (including phenoxy) is 1. The fourth-order valence-electron chi connectivity index (χ4n) is 2.25. The van der Waals surface area contributed by atoms with E-state index < -0.39 is 0 Å². The highest BCUT2D eigenvalue weighted by atomic mass is 16.5. The second-order valence-corrected chi connectivity index (χ2v) is 5.16. The maximum atomic E-state index is 11.7. The molecule has 0 radical (unpaired) electrons. The van der Waals surface area contributed by atoms with Gasteiger partial charge >= 0.3 is 0 Å². The largest absolute Gasteiger partial charge is 0.394 e. The molecule has 3 N–H and O–H groups in total. The van der Waals surface area contributed by atoms with Crippen molar-refractivity contribution in [3.63, 3.8) is 0 Å². The van der Waals surface area contributed by atoms with Gasteiger partial charge < -0.3 is 20.5 Å². The van der Waals surface area contributed by atoms with Crippen molar-refractivity contribution >= 4 is 5.91 Å². The van der Waals surface area contributed by atoms with Crippen molar-refractivity contribution in [2.45, 2.75) is 51.1 Å². The van der Waals surface area contributed by atoms with E-state index in [1.54, 1.807) is 0 Å². The van der Waals surface area contributed by atoms with E-state index in [9.17, 15) is 9.90 Å². The SMILES string of the molecule is CCCC(C)NC(=O)CNC1(CO)CCOCC1. The Kier molecular flexibility index (Phi) is 6.60. The minimum Gasteiger partial charge on any atom is -0.394 e. The van der Waals surface area contributed by atoms with E-state index >= 15 is 0 Å². The average Bonchev–Trinajstić information content (AvgIpc) is 2.38. The molecule has 0 bridgehead atoms. The molecule has 1 aliphatic rings. The Morgan fingerprint density at radius 1 is 1.44 bits per heavy atom. The number of aliphatic hydroxyl groups is 1. The van der Waals surface area contributed by atoms with Gasteiger partial charge in [-0.25, -0.2) is 0 Å². The Balaban J connectivity index is 2.31. The smallest absolute Gasteiger partial charge is 0.234 e. The van der Waals surface area contributed by atoms with Crippen molar-refractivity contribution in [2.24, 2.45) is 0 Å². The van der Waals surface area contributed by atoms with Crippen LogP contribution < -0.4 is 10.6 Å². The third-order valence-electron chi connectivity index (χ3n) is 3.51. The van der Waals surface area contributed by atoms with Gasteiger partial charge in [0, 0.05) is 24.8 Å². The van der Waals surface area contributed by atoms with Gasteiger partial charge in [-0.05, 0) is 26.2 Å². The summed E-state index contributed by atoms with van der Waals surface area (Å²) in [6.45, 7) is 5.70. The molecule has 1 amide bonds. The fraction of sp³-hybridized carbons (Fsp3) is 0.923. The molecule has 0 aliphatic carbocycles. The molecule has 1 aliphatic heterocycles. The van der Waals surface area contributed by atoms with Crippen LogP contribution in [0.15, 0.2) is 0 Å². The van der Waals surface area contributed by atoms with Crippen molar-refractivity contribution in [1.29, 1.82) is 0 Å². The second-order valence-electron chi connectivity index (χ2n) is 5.16. The van der Waals surface area contributed by atoms with E-state index in [0.717, 1.165) is 25.7 Å². The third-order valence-corrected chi connectivity index (χ3v) is 3.51. The van der Waals surface area contributed by atoms with E-state index in [1.807, 2.05) is 6.92 Å². The molecule has 1 fully saturated rings. The van der Waals surface area contributed by atoms with Crippen LogP contribution in [-0.2, 0) is 9.53 Å². The average molecular weight is 258 g/mol. The van der Waals surface area contributed by atoms with Gasteiger partial charge in [0.05, 0.1) is 13.2 Å². The lowest BCUT2D eigenvalue weighted by Crippen LogP contribution is -2.55. The molecule has 1 heterocycles. The zero-order valence-corrected chi connectivity index (χ0v) is 11.5. The summed E-state index contributed by atoms with van der Waals surface area (Å²) in [5.74, 6) is -0.00438. The van der Waals surface area contributed by atoms with Crippen molar-refractivity contribution < 1.29 is 14.6 Å². The van der Waals surface area contributed by atoms with Gasteiger partial charge in [-0.3, -0.25) is 4.79 Å². The van der Waals surface area contributed by atoms with Crippen molar-refractivity contribution in [3.05, 3.63) is 0 Å². The molecular formula is C13H26N2O3. The van der Waals surface area contributed by atoms with E-state index in [0.29, 0.717) is 13.2 Å². The standard InChI is InChI=1S/C13H26N2O3/c1-3-4-11(2)15-12(17)9-14-13(10-16)5-7-18-8-6-13/h11,14,16H,3-10H2,1-2H3,(H,15,17). The normalized spacial score (nSPS) is 20.4. The lowest BCUT2D eigenvalue weighted by Gasteiger charge is -2.36. The lowest BCUT2D eigenvalue weighted by molar-refractivity contribution is -0.121. The third kappa shape index (κ3) is 4.92. The lowest BCUT2D eigenvalue weighted by atomic mass is 9.91. The van der Waals surface area contributed by atoms with Gasteiger partial charge in [0.25, 0.3) is 0 Å². The maximum absolute atomic E-state index is 11.7. The summed E-state index contributed by atoms with van der Waals surface area (Å²) in [5, 5.41) is 15.6. The van der Waals surface area contributed by atoms with Crippen LogP contribution in [0.4, 0.5) is 0 Å². The summed E-state index contributed by atoms with van der Waals surface area (Å²) < 4.78 is 5.28. The van der Waals surface area contributed by atoms with E-state index in [1.165, 1.54) is 0 Å². The number of hydrogen-bond donors (Lipinski definition) is 3. The van der Waals surface area contributed by atoms with Gasteiger partial charge in [0.2, 0.25) is 5.91 Å². The summed E-state index contributed by atoms with van der Waals surface area (Å²) >= 11 is 0. The summed E-state index contributed by atoms with van der Waals surface area (Å²) in [4.78, 5) is 11.7. The highest BCUT2D eigenvalue weighted by Gasteiger charge is 2.31. The van der Waals surface area contributed by atoms with Crippen LogP contribution in [0.3, 0.4) is 0 Å². The van der Waals surface area contributed by atoms with Gasteiger partial charge in [-0.2, -0.15) is 0 Å². The Morgan fingerprint density at radius 3 is 2.67 bits per heavy atom. The predicted molar refractivity (Wildman–Crippen MR) is 70.4 cm³/mol. The van der Waals surface area contributed by atoms with Crippen LogP contribution in [0.1, 0.15) is 39.5 Å². The summed E-state index contributed by atoms with van der Waals surface area (Å²) in [5.41, 5.74) is -0.344. The monoisotopic (exact) mass is 258 g/mol. The fourth-order valence-corrected chi connectivity index (χ4v) is 2.25. The molecule has 5 heteroatoms. The number of carbonyl (C=O) groups excluding carboxylic acids is 1. The molecule has 1 atom stereocenters. The molecule has 1 unspecified atom stereocenters. The van der Waals surface area contributed by atoms with Crippen LogP contribution in [0.2, 0.25) is 0 Å². The molecule has 106 valence electrons. The Morgan fingerprint density at radius 2 is 2.11 bits per heavy atom. The van der Waals surface area contributed by atoms with Crippen LogP contribution in [0.5, 0.6) is 0 Å². The van der Waals surface area contributed by atoms with Gasteiger partial charge in [-0.1, -0.05) is 13.3 Å². The minimum atomic E-state index is -0.344. The van der Waals surface area contributed by atoms with Gasteiger partial charge in [-0.15, -0.1) is 0 Å². The summed E-state index contributed by atoms with van der Waals surface area (Å²) in [6.07, 6.45) is 3.56. The molecule has 0 spiro atoms. The highest BCUT2D eigenvalue weighted by Crippen LogP contribution is 2.19. The maximum Gasteiger partial charge on any atom is 0.234 e. The van der Waals surface area contributed by atoms with Crippen LogP contribution in [-0.4, -0.2) is 49.0 Å². The Bertz CT molecular complexity index is 253. The summed E-state index contributed by atoms with van der Waals surface area (Å²) in [6, 6.07) is 0.212. The first kappa shape index (κ1) is 15.4.